The third-order valence-electron chi connectivity index (χ3n) is 2.80. The smallest absolute Gasteiger partial charge is 0.410 e. The van der Waals surface area contributed by atoms with Crippen LogP contribution in [0.5, 0.6) is 5.75 Å². The van der Waals surface area contributed by atoms with Gasteiger partial charge in [0.1, 0.15) is 22.6 Å². The summed E-state index contributed by atoms with van der Waals surface area (Å²) in [7, 11) is 0. The Balaban J connectivity index is 1.86. The monoisotopic (exact) mass is 298 g/mol. The lowest BCUT2D eigenvalue weighted by Gasteiger charge is -2.24. The van der Waals surface area contributed by atoms with Gasteiger partial charge in [0.2, 0.25) is 0 Å². The Hall–Kier alpha value is -1.49. The highest BCUT2D eigenvalue weighted by atomic mass is 35.5. The van der Waals surface area contributed by atoms with E-state index in [1.54, 1.807) is 23.2 Å². The van der Waals surface area contributed by atoms with Crippen molar-refractivity contribution in [2.75, 3.05) is 13.1 Å². The molecule has 1 fully saturated rings. The highest BCUT2D eigenvalue weighted by molar-refractivity contribution is 6.29. The second kappa shape index (κ2) is 5.87. The first kappa shape index (κ1) is 14.9. The van der Waals surface area contributed by atoms with Gasteiger partial charge >= 0.3 is 6.09 Å². The van der Waals surface area contributed by atoms with Crippen LogP contribution in [-0.2, 0) is 4.74 Å². The first-order valence-electron chi connectivity index (χ1n) is 6.59. The van der Waals surface area contributed by atoms with E-state index < -0.39 is 5.60 Å². The number of carbonyl (C=O) groups excluding carboxylic acids is 1. The third kappa shape index (κ3) is 4.27. The van der Waals surface area contributed by atoms with Gasteiger partial charge in [0.05, 0.1) is 12.7 Å². The fraction of sp³-hybridized carbons (Fsp3) is 0.571. The van der Waals surface area contributed by atoms with Crippen LogP contribution in [0.2, 0.25) is 5.15 Å². The number of nitrogens with zero attached hydrogens (tertiary/aromatic N) is 2. The van der Waals surface area contributed by atoms with Crippen LogP contribution in [0.15, 0.2) is 18.3 Å². The zero-order valence-corrected chi connectivity index (χ0v) is 12.7. The SMILES string of the molecule is CC(C)(C)OC(=O)N1CC[C@H](Oc2ccc(Cl)nc2)C1. The Morgan fingerprint density at radius 3 is 2.80 bits per heavy atom. The molecule has 2 heterocycles. The van der Waals surface area contributed by atoms with E-state index in [1.165, 1.54) is 0 Å². The van der Waals surface area contributed by atoms with Gasteiger partial charge in [-0.05, 0) is 32.9 Å². The summed E-state index contributed by atoms with van der Waals surface area (Å²) in [5.74, 6) is 0.658. The summed E-state index contributed by atoms with van der Waals surface area (Å²) < 4.78 is 11.1. The number of likely N-dealkylation sites (tertiary alicyclic amines) is 1. The van der Waals surface area contributed by atoms with Crippen LogP contribution in [0.4, 0.5) is 4.79 Å². The van der Waals surface area contributed by atoms with E-state index in [9.17, 15) is 4.79 Å². The number of rotatable bonds is 2. The minimum absolute atomic E-state index is 0.0366. The molecular weight excluding hydrogens is 280 g/mol. The molecule has 110 valence electrons. The largest absolute Gasteiger partial charge is 0.487 e. The number of aromatic nitrogens is 1. The van der Waals surface area contributed by atoms with Crippen molar-refractivity contribution in [3.05, 3.63) is 23.5 Å². The van der Waals surface area contributed by atoms with Gasteiger partial charge in [-0.15, -0.1) is 0 Å². The van der Waals surface area contributed by atoms with E-state index in [1.807, 2.05) is 20.8 Å². The Kier molecular flexibility index (Phi) is 4.38. The van der Waals surface area contributed by atoms with E-state index in [2.05, 4.69) is 4.98 Å². The maximum Gasteiger partial charge on any atom is 0.410 e. The Morgan fingerprint density at radius 1 is 1.45 bits per heavy atom. The van der Waals surface area contributed by atoms with Crippen molar-refractivity contribution in [1.29, 1.82) is 0 Å². The minimum Gasteiger partial charge on any atom is -0.487 e. The predicted octanol–water partition coefficient (Wildman–Crippen LogP) is 3.12. The highest BCUT2D eigenvalue weighted by Gasteiger charge is 2.30. The summed E-state index contributed by atoms with van der Waals surface area (Å²) in [6, 6.07) is 3.45. The summed E-state index contributed by atoms with van der Waals surface area (Å²) in [5, 5.41) is 0.430. The van der Waals surface area contributed by atoms with Crippen molar-refractivity contribution >= 4 is 17.7 Å². The molecule has 1 aromatic heterocycles. The molecule has 2 rings (SSSR count). The van der Waals surface area contributed by atoms with E-state index >= 15 is 0 Å². The summed E-state index contributed by atoms with van der Waals surface area (Å²) in [6.07, 6.45) is 2.03. The summed E-state index contributed by atoms with van der Waals surface area (Å²) in [4.78, 5) is 17.5. The van der Waals surface area contributed by atoms with Gasteiger partial charge in [-0.1, -0.05) is 11.6 Å². The van der Waals surface area contributed by atoms with Gasteiger partial charge in [-0.25, -0.2) is 9.78 Å². The highest BCUT2D eigenvalue weighted by Crippen LogP contribution is 2.20. The summed E-state index contributed by atoms with van der Waals surface area (Å²) in [6.45, 7) is 6.73. The van der Waals surface area contributed by atoms with E-state index in [4.69, 9.17) is 21.1 Å². The van der Waals surface area contributed by atoms with Gasteiger partial charge in [-0.3, -0.25) is 0 Å². The molecule has 0 unspecified atom stereocenters. The lowest BCUT2D eigenvalue weighted by Crippen LogP contribution is -2.36. The number of carbonyl (C=O) groups is 1. The number of ether oxygens (including phenoxy) is 2. The van der Waals surface area contributed by atoms with Crippen LogP contribution in [0.25, 0.3) is 0 Å². The van der Waals surface area contributed by atoms with Gasteiger partial charge in [0, 0.05) is 13.0 Å². The summed E-state index contributed by atoms with van der Waals surface area (Å²) in [5.41, 5.74) is -0.476. The number of amides is 1. The summed E-state index contributed by atoms with van der Waals surface area (Å²) >= 11 is 5.72. The number of pyridine rings is 1. The first-order valence-corrected chi connectivity index (χ1v) is 6.97. The zero-order chi connectivity index (χ0) is 14.8. The molecule has 0 saturated carbocycles. The molecule has 5 nitrogen and oxygen atoms in total. The standard InChI is InChI=1S/C14H19ClN2O3/c1-14(2,3)20-13(18)17-7-6-11(9-17)19-10-4-5-12(15)16-8-10/h4-5,8,11H,6-7,9H2,1-3H3/t11-/m0/s1. The number of hydrogen-bond donors (Lipinski definition) is 0. The molecule has 20 heavy (non-hydrogen) atoms. The molecule has 0 bridgehead atoms. The van der Waals surface area contributed by atoms with E-state index in [0.29, 0.717) is 24.0 Å². The van der Waals surface area contributed by atoms with Crippen molar-refractivity contribution in [2.24, 2.45) is 0 Å². The van der Waals surface area contributed by atoms with Crippen molar-refractivity contribution in [3.8, 4) is 5.75 Å². The van der Waals surface area contributed by atoms with Crippen LogP contribution in [0.3, 0.4) is 0 Å². The fourth-order valence-electron chi connectivity index (χ4n) is 1.94. The zero-order valence-electron chi connectivity index (χ0n) is 11.9. The van der Waals surface area contributed by atoms with Gasteiger partial charge in [0.15, 0.2) is 0 Å². The van der Waals surface area contributed by atoms with Crippen molar-refractivity contribution in [3.63, 3.8) is 0 Å². The third-order valence-corrected chi connectivity index (χ3v) is 3.02. The van der Waals surface area contributed by atoms with Crippen LogP contribution in [-0.4, -0.2) is 40.8 Å². The van der Waals surface area contributed by atoms with Crippen molar-refractivity contribution in [2.45, 2.75) is 38.9 Å². The molecule has 0 radical (unpaired) electrons. The molecule has 0 N–H and O–H groups in total. The lowest BCUT2D eigenvalue weighted by atomic mass is 10.2. The topological polar surface area (TPSA) is 51.7 Å². The molecule has 1 aromatic rings. The lowest BCUT2D eigenvalue weighted by molar-refractivity contribution is 0.0275. The second-order valence-electron chi connectivity index (χ2n) is 5.77. The van der Waals surface area contributed by atoms with Crippen molar-refractivity contribution < 1.29 is 14.3 Å². The van der Waals surface area contributed by atoms with E-state index in [-0.39, 0.29) is 12.2 Å². The second-order valence-corrected chi connectivity index (χ2v) is 6.16. The Labute approximate surface area is 123 Å². The maximum atomic E-state index is 11.9. The minimum atomic E-state index is -0.476. The van der Waals surface area contributed by atoms with Gasteiger partial charge in [0.25, 0.3) is 0 Å². The molecule has 0 spiro atoms. The predicted molar refractivity (Wildman–Crippen MR) is 76.1 cm³/mol. The maximum absolute atomic E-state index is 11.9. The number of hydrogen-bond acceptors (Lipinski definition) is 4. The average molecular weight is 299 g/mol. The van der Waals surface area contributed by atoms with Gasteiger partial charge < -0.3 is 14.4 Å². The van der Waals surface area contributed by atoms with Crippen LogP contribution >= 0.6 is 11.6 Å². The Bertz CT molecular complexity index is 470. The molecule has 1 atom stereocenters. The molecule has 1 saturated heterocycles. The van der Waals surface area contributed by atoms with Crippen LogP contribution in [0.1, 0.15) is 27.2 Å². The molecule has 6 heteroatoms. The van der Waals surface area contributed by atoms with Crippen LogP contribution in [0, 0.1) is 0 Å². The molecule has 0 aromatic carbocycles. The first-order chi connectivity index (χ1) is 9.33. The number of halogens is 1. The average Bonchev–Trinajstić information content (AvgIpc) is 2.79. The quantitative estimate of drug-likeness (QED) is 0.787. The normalized spacial score (nSPS) is 19.0. The van der Waals surface area contributed by atoms with Crippen LogP contribution < -0.4 is 4.74 Å². The fourth-order valence-corrected chi connectivity index (χ4v) is 2.05. The molecule has 0 aliphatic carbocycles. The molecule has 1 aliphatic heterocycles. The van der Waals surface area contributed by atoms with Gasteiger partial charge in [-0.2, -0.15) is 0 Å². The Morgan fingerprint density at radius 2 is 2.20 bits per heavy atom. The molecule has 1 aliphatic rings. The molecule has 1 amide bonds. The molecular formula is C14H19ClN2O3. The van der Waals surface area contributed by atoms with E-state index in [0.717, 1.165) is 6.42 Å². The van der Waals surface area contributed by atoms with Crippen molar-refractivity contribution in [1.82, 2.24) is 9.88 Å².